The lowest BCUT2D eigenvalue weighted by Gasteiger charge is -2.22. The number of hydrogen-bond donors (Lipinski definition) is 2. The van der Waals surface area contributed by atoms with Crippen LogP contribution in [0, 0.1) is 0 Å². The Morgan fingerprint density at radius 3 is 2.29 bits per heavy atom. The standard InChI is InChI=1S/C13H17NO6S/c1-13(2,21(4,18)19)12(17)14-10-6-5-8(20-3)7-9(10)11(15)16/h5-7H,1-4H3,(H,14,17)(H,15,16). The first kappa shape index (κ1) is 17.0. The fourth-order valence-electron chi connectivity index (χ4n) is 1.38. The molecule has 0 saturated heterocycles. The Balaban J connectivity index is 3.20. The van der Waals surface area contributed by atoms with E-state index >= 15 is 0 Å². The SMILES string of the molecule is COc1ccc(NC(=O)C(C)(C)S(C)(=O)=O)c(C(=O)O)c1. The molecule has 0 unspecified atom stereocenters. The Bertz CT molecular complexity index is 678. The van der Waals surface area contributed by atoms with Crippen molar-refractivity contribution in [2.75, 3.05) is 18.7 Å². The third-order valence-electron chi connectivity index (χ3n) is 3.18. The van der Waals surface area contributed by atoms with Gasteiger partial charge in [-0.25, -0.2) is 13.2 Å². The number of carbonyl (C=O) groups is 2. The van der Waals surface area contributed by atoms with E-state index in [1.165, 1.54) is 39.2 Å². The molecule has 0 spiro atoms. The van der Waals surface area contributed by atoms with Crippen LogP contribution in [0.2, 0.25) is 0 Å². The Labute approximate surface area is 122 Å². The fraction of sp³-hybridized carbons (Fsp3) is 0.385. The molecule has 0 aliphatic carbocycles. The highest BCUT2D eigenvalue weighted by molar-refractivity contribution is 7.92. The number of sulfone groups is 1. The van der Waals surface area contributed by atoms with Gasteiger partial charge in [-0.05, 0) is 32.0 Å². The van der Waals surface area contributed by atoms with Crippen LogP contribution in [0.15, 0.2) is 18.2 Å². The third-order valence-corrected chi connectivity index (χ3v) is 5.22. The molecular formula is C13H17NO6S. The van der Waals surface area contributed by atoms with Crippen molar-refractivity contribution in [3.05, 3.63) is 23.8 Å². The zero-order valence-electron chi connectivity index (χ0n) is 12.1. The largest absolute Gasteiger partial charge is 0.497 e. The van der Waals surface area contributed by atoms with Gasteiger partial charge in [-0.1, -0.05) is 0 Å². The van der Waals surface area contributed by atoms with Crippen LogP contribution in [0.1, 0.15) is 24.2 Å². The van der Waals surface area contributed by atoms with Crippen LogP contribution < -0.4 is 10.1 Å². The summed E-state index contributed by atoms with van der Waals surface area (Å²) in [6.45, 7) is 2.50. The van der Waals surface area contributed by atoms with Crippen molar-refractivity contribution in [1.82, 2.24) is 0 Å². The van der Waals surface area contributed by atoms with Crippen molar-refractivity contribution in [2.24, 2.45) is 0 Å². The lowest BCUT2D eigenvalue weighted by atomic mass is 10.1. The monoisotopic (exact) mass is 315 g/mol. The molecule has 0 aromatic heterocycles. The van der Waals surface area contributed by atoms with Crippen LogP contribution in [0.5, 0.6) is 5.75 Å². The molecular weight excluding hydrogens is 298 g/mol. The second-order valence-corrected chi connectivity index (χ2v) is 7.52. The van der Waals surface area contributed by atoms with E-state index in [0.717, 1.165) is 6.26 Å². The molecule has 116 valence electrons. The topological polar surface area (TPSA) is 110 Å². The molecule has 2 N–H and O–H groups in total. The van der Waals surface area contributed by atoms with E-state index in [1.54, 1.807) is 0 Å². The van der Waals surface area contributed by atoms with Gasteiger partial charge in [0.1, 0.15) is 10.5 Å². The molecule has 1 aromatic rings. The molecule has 0 aliphatic rings. The summed E-state index contributed by atoms with van der Waals surface area (Å²) >= 11 is 0. The molecule has 0 atom stereocenters. The maximum absolute atomic E-state index is 12.1. The molecule has 0 saturated carbocycles. The summed E-state index contributed by atoms with van der Waals surface area (Å²) in [6.07, 6.45) is 0.943. The molecule has 1 aromatic carbocycles. The van der Waals surface area contributed by atoms with Gasteiger partial charge in [-0.2, -0.15) is 0 Å². The average Bonchev–Trinajstić information content (AvgIpc) is 2.37. The van der Waals surface area contributed by atoms with Gasteiger partial charge in [0.05, 0.1) is 18.4 Å². The second-order valence-electron chi connectivity index (χ2n) is 4.95. The van der Waals surface area contributed by atoms with E-state index in [0.29, 0.717) is 5.75 Å². The summed E-state index contributed by atoms with van der Waals surface area (Å²) in [6, 6.07) is 4.05. The maximum Gasteiger partial charge on any atom is 0.337 e. The fourth-order valence-corrected chi connectivity index (χ4v) is 1.77. The first-order valence-corrected chi connectivity index (χ1v) is 7.82. The Kier molecular flexibility index (Phi) is 4.62. The van der Waals surface area contributed by atoms with Gasteiger partial charge >= 0.3 is 5.97 Å². The third kappa shape index (κ3) is 3.52. The van der Waals surface area contributed by atoms with Crippen LogP contribution in [-0.4, -0.2) is 43.5 Å². The van der Waals surface area contributed by atoms with Gasteiger partial charge in [0.15, 0.2) is 9.84 Å². The van der Waals surface area contributed by atoms with Crippen LogP contribution in [0.4, 0.5) is 5.69 Å². The minimum Gasteiger partial charge on any atom is -0.497 e. The summed E-state index contributed by atoms with van der Waals surface area (Å²) in [7, 11) is -2.27. The summed E-state index contributed by atoms with van der Waals surface area (Å²) in [5.74, 6) is -1.76. The van der Waals surface area contributed by atoms with Crippen molar-refractivity contribution in [3.8, 4) is 5.75 Å². The number of aromatic carboxylic acids is 1. The first-order valence-electron chi connectivity index (χ1n) is 5.93. The van der Waals surface area contributed by atoms with Crippen molar-refractivity contribution >= 4 is 27.4 Å². The van der Waals surface area contributed by atoms with Crippen molar-refractivity contribution in [3.63, 3.8) is 0 Å². The highest BCUT2D eigenvalue weighted by atomic mass is 32.2. The van der Waals surface area contributed by atoms with E-state index in [2.05, 4.69) is 5.32 Å². The minimum atomic E-state index is -3.65. The predicted molar refractivity (Wildman–Crippen MR) is 77.5 cm³/mol. The molecule has 0 aliphatic heterocycles. The lowest BCUT2D eigenvalue weighted by Crippen LogP contribution is -2.44. The number of carbonyl (C=O) groups excluding carboxylic acids is 1. The second kappa shape index (κ2) is 5.72. The van der Waals surface area contributed by atoms with Crippen LogP contribution >= 0.6 is 0 Å². The van der Waals surface area contributed by atoms with Crippen molar-refractivity contribution in [1.29, 1.82) is 0 Å². The van der Waals surface area contributed by atoms with Gasteiger partial charge in [0.25, 0.3) is 0 Å². The number of nitrogens with one attached hydrogen (secondary N) is 1. The molecule has 0 radical (unpaired) electrons. The molecule has 1 amide bonds. The number of rotatable bonds is 5. The number of carboxylic acid groups (broad SMARTS) is 1. The van der Waals surface area contributed by atoms with Crippen molar-refractivity contribution in [2.45, 2.75) is 18.6 Å². The zero-order chi connectivity index (χ0) is 16.4. The molecule has 21 heavy (non-hydrogen) atoms. The maximum atomic E-state index is 12.1. The number of hydrogen-bond acceptors (Lipinski definition) is 5. The smallest absolute Gasteiger partial charge is 0.337 e. The number of carboxylic acids is 1. The first-order chi connectivity index (χ1) is 9.50. The summed E-state index contributed by atoms with van der Waals surface area (Å²) in [5.41, 5.74) is -0.183. The minimum absolute atomic E-state index is 0.00465. The van der Waals surface area contributed by atoms with E-state index in [4.69, 9.17) is 9.84 Å². The highest BCUT2D eigenvalue weighted by Crippen LogP contribution is 2.24. The van der Waals surface area contributed by atoms with Gasteiger partial charge < -0.3 is 15.2 Å². The van der Waals surface area contributed by atoms with Crippen molar-refractivity contribution < 1.29 is 27.9 Å². The van der Waals surface area contributed by atoms with E-state index in [-0.39, 0.29) is 11.3 Å². The quantitative estimate of drug-likeness (QED) is 0.843. The normalized spacial score (nSPS) is 11.8. The van der Waals surface area contributed by atoms with Crippen LogP contribution in [-0.2, 0) is 14.6 Å². The molecule has 7 nitrogen and oxygen atoms in total. The Morgan fingerprint density at radius 2 is 1.86 bits per heavy atom. The van der Waals surface area contributed by atoms with E-state index in [1.807, 2.05) is 0 Å². The zero-order valence-corrected chi connectivity index (χ0v) is 12.9. The molecule has 1 rings (SSSR count). The number of anilines is 1. The number of benzene rings is 1. The number of ether oxygens (including phenoxy) is 1. The average molecular weight is 315 g/mol. The molecule has 0 bridgehead atoms. The summed E-state index contributed by atoms with van der Waals surface area (Å²) in [5, 5.41) is 11.5. The van der Waals surface area contributed by atoms with Crippen LogP contribution in [0.3, 0.4) is 0 Å². The summed E-state index contributed by atoms with van der Waals surface area (Å²) < 4.78 is 26.5. The van der Waals surface area contributed by atoms with Gasteiger partial charge in [-0.15, -0.1) is 0 Å². The number of amides is 1. The highest BCUT2D eigenvalue weighted by Gasteiger charge is 2.38. The van der Waals surface area contributed by atoms with Gasteiger partial charge in [0, 0.05) is 6.26 Å². The van der Waals surface area contributed by atoms with Gasteiger partial charge in [-0.3, -0.25) is 4.79 Å². The summed E-state index contributed by atoms with van der Waals surface area (Å²) in [4.78, 5) is 23.3. The van der Waals surface area contributed by atoms with Crippen LogP contribution in [0.25, 0.3) is 0 Å². The number of methoxy groups -OCH3 is 1. The molecule has 8 heteroatoms. The lowest BCUT2D eigenvalue weighted by molar-refractivity contribution is -0.117. The molecule has 0 heterocycles. The molecule has 0 fully saturated rings. The Hall–Kier alpha value is -2.09. The van der Waals surface area contributed by atoms with E-state index in [9.17, 15) is 18.0 Å². The van der Waals surface area contributed by atoms with Gasteiger partial charge in [0.2, 0.25) is 5.91 Å². The van der Waals surface area contributed by atoms with E-state index < -0.39 is 26.5 Å². The predicted octanol–water partition coefficient (Wildman–Crippen LogP) is 1.16. The Morgan fingerprint density at radius 1 is 1.29 bits per heavy atom.